The summed E-state index contributed by atoms with van der Waals surface area (Å²) in [6, 6.07) is 8.56. The van der Waals surface area contributed by atoms with Gasteiger partial charge in [0.05, 0.1) is 9.47 Å². The Kier molecular flexibility index (Phi) is 4.95. The predicted molar refractivity (Wildman–Crippen MR) is 92.4 cm³/mol. The van der Waals surface area contributed by atoms with Gasteiger partial charge in [-0.25, -0.2) is 8.42 Å². The highest BCUT2D eigenvalue weighted by Crippen LogP contribution is 2.33. The zero-order valence-electron chi connectivity index (χ0n) is 11.8. The van der Waals surface area contributed by atoms with Crippen LogP contribution in [0.3, 0.4) is 0 Å². The molecule has 1 heterocycles. The Labute approximate surface area is 137 Å². The van der Waals surface area contributed by atoms with Crippen molar-refractivity contribution in [1.29, 1.82) is 0 Å². The minimum Gasteiger partial charge on any atom is -0.399 e. The molecule has 7 heteroatoms. The monoisotopic (exact) mass is 388 g/mol. The normalized spacial score (nSPS) is 11.6. The molecule has 2 rings (SSSR count). The van der Waals surface area contributed by atoms with E-state index >= 15 is 0 Å². The van der Waals surface area contributed by atoms with Gasteiger partial charge < -0.3 is 5.73 Å². The molecule has 0 saturated carbocycles. The summed E-state index contributed by atoms with van der Waals surface area (Å²) >= 11 is 4.77. The maximum Gasteiger partial charge on any atom is 0.265 e. The average molecular weight is 389 g/mol. The van der Waals surface area contributed by atoms with Crippen molar-refractivity contribution in [2.24, 2.45) is 0 Å². The van der Waals surface area contributed by atoms with Crippen LogP contribution in [0.4, 0.5) is 11.4 Å². The van der Waals surface area contributed by atoms with Crippen molar-refractivity contribution in [3.05, 3.63) is 39.0 Å². The number of nitrogens with two attached hydrogens (primary N) is 1. The van der Waals surface area contributed by atoms with E-state index in [4.69, 9.17) is 5.73 Å². The van der Waals surface area contributed by atoms with E-state index in [2.05, 4.69) is 15.9 Å². The second-order valence-corrected chi connectivity index (χ2v) is 9.11. The highest BCUT2D eigenvalue weighted by molar-refractivity contribution is 9.11. The van der Waals surface area contributed by atoms with Gasteiger partial charge in [-0.15, -0.1) is 11.3 Å². The molecule has 0 radical (unpaired) electrons. The van der Waals surface area contributed by atoms with Gasteiger partial charge in [0.1, 0.15) is 4.90 Å². The molecule has 2 aromatic rings. The third-order valence-electron chi connectivity index (χ3n) is 3.02. The molecule has 2 N–H and O–H groups in total. The van der Waals surface area contributed by atoms with Crippen molar-refractivity contribution in [1.82, 2.24) is 0 Å². The molecule has 0 amide bonds. The smallest absolute Gasteiger partial charge is 0.265 e. The number of nitrogens with zero attached hydrogens (tertiary/aromatic N) is 1. The van der Waals surface area contributed by atoms with E-state index in [1.807, 2.05) is 13.8 Å². The zero-order chi connectivity index (χ0) is 15.6. The second-order valence-electron chi connectivity index (χ2n) is 4.64. The van der Waals surface area contributed by atoms with E-state index in [9.17, 15) is 8.42 Å². The summed E-state index contributed by atoms with van der Waals surface area (Å²) < 4.78 is 28.1. The van der Waals surface area contributed by atoms with Crippen LogP contribution in [-0.4, -0.2) is 15.0 Å². The topological polar surface area (TPSA) is 63.4 Å². The van der Waals surface area contributed by atoms with Crippen molar-refractivity contribution in [2.75, 3.05) is 16.6 Å². The van der Waals surface area contributed by atoms with Gasteiger partial charge in [0.25, 0.3) is 10.0 Å². The summed E-state index contributed by atoms with van der Waals surface area (Å²) in [6.07, 6.45) is 0.730. The predicted octanol–water partition coefficient (Wildman–Crippen LogP) is 4.01. The van der Waals surface area contributed by atoms with Gasteiger partial charge in [-0.2, -0.15) is 0 Å². The lowest BCUT2D eigenvalue weighted by Crippen LogP contribution is -2.31. The van der Waals surface area contributed by atoms with Crippen molar-refractivity contribution < 1.29 is 8.42 Å². The largest absolute Gasteiger partial charge is 0.399 e. The number of nitrogen functional groups attached to an aromatic ring is 1. The number of thiophene rings is 1. The lowest BCUT2D eigenvalue weighted by Gasteiger charge is -2.24. The van der Waals surface area contributed by atoms with Gasteiger partial charge in [0.2, 0.25) is 0 Å². The zero-order valence-corrected chi connectivity index (χ0v) is 15.1. The maximum absolute atomic E-state index is 12.9. The summed E-state index contributed by atoms with van der Waals surface area (Å²) in [6.45, 7) is 4.20. The first-order valence-electron chi connectivity index (χ1n) is 6.50. The molecule has 0 aliphatic carbocycles. The van der Waals surface area contributed by atoms with E-state index in [1.54, 1.807) is 30.3 Å². The van der Waals surface area contributed by atoms with Crippen molar-refractivity contribution in [3.63, 3.8) is 0 Å². The van der Waals surface area contributed by atoms with E-state index in [1.165, 1.54) is 15.6 Å². The minimum absolute atomic E-state index is 0.352. The van der Waals surface area contributed by atoms with Crippen LogP contribution in [0, 0.1) is 6.92 Å². The Balaban J connectivity index is 2.51. The summed E-state index contributed by atoms with van der Waals surface area (Å²) in [5.41, 5.74) is 6.92. The lowest BCUT2D eigenvalue weighted by atomic mass is 10.3. The van der Waals surface area contributed by atoms with E-state index < -0.39 is 10.0 Å². The molecule has 0 aliphatic rings. The Morgan fingerprint density at radius 3 is 2.38 bits per heavy atom. The van der Waals surface area contributed by atoms with Crippen molar-refractivity contribution in [3.8, 4) is 0 Å². The van der Waals surface area contributed by atoms with Crippen LogP contribution >= 0.6 is 27.3 Å². The fraction of sp³-hybridized carbons (Fsp3) is 0.286. The van der Waals surface area contributed by atoms with Gasteiger partial charge in [-0.05, 0) is 59.6 Å². The Morgan fingerprint density at radius 2 is 1.90 bits per heavy atom. The molecular formula is C14H17BrN2O2S2. The van der Waals surface area contributed by atoms with Gasteiger partial charge in [0, 0.05) is 17.1 Å². The fourth-order valence-corrected chi connectivity index (χ4v) is 5.98. The molecule has 114 valence electrons. The molecule has 4 nitrogen and oxygen atoms in total. The molecule has 21 heavy (non-hydrogen) atoms. The van der Waals surface area contributed by atoms with Crippen LogP contribution in [0.2, 0.25) is 0 Å². The van der Waals surface area contributed by atoms with Crippen molar-refractivity contribution >= 4 is 48.7 Å². The number of hydrogen-bond acceptors (Lipinski definition) is 4. The highest BCUT2D eigenvalue weighted by atomic mass is 79.9. The number of halogens is 1. The molecule has 0 spiro atoms. The summed E-state index contributed by atoms with van der Waals surface area (Å²) in [5.74, 6) is 0. The van der Waals surface area contributed by atoms with Gasteiger partial charge >= 0.3 is 0 Å². The Bertz CT molecular complexity index is 724. The molecule has 0 atom stereocenters. The maximum atomic E-state index is 12.9. The Hall–Kier alpha value is -1.05. The Morgan fingerprint density at radius 1 is 1.29 bits per heavy atom. The van der Waals surface area contributed by atoms with Gasteiger partial charge in [0.15, 0.2) is 0 Å². The van der Waals surface area contributed by atoms with Gasteiger partial charge in [-0.3, -0.25) is 4.31 Å². The SMILES string of the molecule is CCCN(c1ccc(N)cc1)S(=O)(=O)c1cc(Br)sc1C. The lowest BCUT2D eigenvalue weighted by molar-refractivity contribution is 0.590. The van der Waals surface area contributed by atoms with Crippen LogP contribution in [0.5, 0.6) is 0 Å². The standard InChI is InChI=1S/C14H17BrN2O2S2/c1-3-8-17(12-6-4-11(16)5-7-12)21(18,19)13-9-14(15)20-10(13)2/h4-7,9H,3,8,16H2,1-2H3. The highest BCUT2D eigenvalue weighted by Gasteiger charge is 2.27. The first-order chi connectivity index (χ1) is 9.86. The van der Waals surface area contributed by atoms with Crippen LogP contribution in [0.25, 0.3) is 0 Å². The van der Waals surface area contributed by atoms with Gasteiger partial charge in [-0.1, -0.05) is 6.92 Å². The quantitative estimate of drug-likeness (QED) is 0.786. The van der Waals surface area contributed by atoms with Crippen LogP contribution in [0.1, 0.15) is 18.2 Å². The van der Waals surface area contributed by atoms with Crippen LogP contribution in [-0.2, 0) is 10.0 Å². The molecule has 0 fully saturated rings. The minimum atomic E-state index is -3.57. The number of anilines is 2. The van der Waals surface area contributed by atoms with E-state index in [0.717, 1.165) is 15.1 Å². The molecule has 1 aromatic heterocycles. The number of sulfonamides is 1. The summed E-state index contributed by atoms with van der Waals surface area (Å²) in [7, 11) is -3.57. The molecule has 0 saturated heterocycles. The number of aryl methyl sites for hydroxylation is 1. The van der Waals surface area contributed by atoms with Crippen LogP contribution in [0.15, 0.2) is 39.0 Å². The first-order valence-corrected chi connectivity index (χ1v) is 9.55. The number of hydrogen-bond donors (Lipinski definition) is 1. The third-order valence-corrected chi connectivity index (χ3v) is 6.65. The van der Waals surface area contributed by atoms with E-state index in [-0.39, 0.29) is 0 Å². The average Bonchev–Trinajstić information content (AvgIpc) is 2.77. The molecule has 1 aromatic carbocycles. The molecular weight excluding hydrogens is 372 g/mol. The fourth-order valence-electron chi connectivity index (χ4n) is 2.04. The summed E-state index contributed by atoms with van der Waals surface area (Å²) in [5, 5.41) is 0. The van der Waals surface area contributed by atoms with Crippen LogP contribution < -0.4 is 10.0 Å². The first kappa shape index (κ1) is 16.3. The molecule has 0 aliphatic heterocycles. The van der Waals surface area contributed by atoms with Crippen molar-refractivity contribution in [2.45, 2.75) is 25.2 Å². The number of benzene rings is 1. The number of rotatable bonds is 5. The molecule has 0 unspecified atom stereocenters. The third kappa shape index (κ3) is 3.41. The van der Waals surface area contributed by atoms with E-state index in [0.29, 0.717) is 22.8 Å². The summed E-state index contributed by atoms with van der Waals surface area (Å²) in [4.78, 5) is 1.13. The second kappa shape index (κ2) is 6.37. The molecule has 0 bridgehead atoms.